The van der Waals surface area contributed by atoms with Crippen LogP contribution in [0.5, 0.6) is 0 Å². The predicted molar refractivity (Wildman–Crippen MR) is 10.6 cm³/mol. The van der Waals surface area contributed by atoms with Crippen LogP contribution in [0.1, 0.15) is 0 Å². The maximum atomic E-state index is 8.19. The molecule has 0 aromatic heterocycles. The van der Waals surface area contributed by atoms with Crippen molar-refractivity contribution in [2.24, 2.45) is 0 Å². The molecule has 0 bridgehead atoms. The normalized spacial score (nSPS) is 0.750. The van der Waals surface area contributed by atoms with Gasteiger partial charge in [-0.25, -0.2) is 0 Å². The molecule has 0 aliphatic carbocycles. The minimum atomic E-state index is 0. The average molecular weight is 162 g/mol. The van der Waals surface area contributed by atoms with Gasteiger partial charge in [-0.2, -0.15) is 0 Å². The van der Waals surface area contributed by atoms with Gasteiger partial charge in [0.2, 0.25) is 0 Å². The molecule has 0 aromatic rings. The van der Waals surface area contributed by atoms with Crippen molar-refractivity contribution in [3.63, 3.8) is 0 Å². The van der Waals surface area contributed by atoms with E-state index in [2.05, 4.69) is 0 Å². The Morgan fingerprint density at radius 2 is 1.25 bits per heavy atom. The molecule has 0 spiro atoms. The van der Waals surface area contributed by atoms with Gasteiger partial charge in [0, 0.05) is 19.5 Å². The third-order valence-corrected chi connectivity index (χ3v) is 0. The number of hydrogen-bond acceptors (Lipinski definition) is 1. The van der Waals surface area contributed by atoms with E-state index in [0.717, 1.165) is 17.4 Å². The van der Waals surface area contributed by atoms with Gasteiger partial charge in [-0.3, -0.25) is 0 Å². The average Bonchev–Trinajstić information content (AvgIpc) is 1.00. The Bertz CT molecular complexity index is 8.00. The Balaban J connectivity index is -0.00000000500. The molecule has 0 saturated heterocycles. The third-order valence-electron chi connectivity index (χ3n) is 0. The summed E-state index contributed by atoms with van der Waals surface area (Å²) in [5.74, 6) is 0. The van der Waals surface area contributed by atoms with Crippen LogP contribution in [0, 0.1) is 0 Å². The van der Waals surface area contributed by atoms with Crippen molar-refractivity contribution in [1.29, 1.82) is 0 Å². The van der Waals surface area contributed by atoms with E-state index in [1.54, 1.807) is 0 Å². The Hall–Kier alpha value is 1.54. The molecule has 0 radical (unpaired) electrons. The summed E-state index contributed by atoms with van der Waals surface area (Å²) >= 11 is 1.06. The maximum absolute atomic E-state index is 8.19. The SMILES string of the molecule is [AlH3].[O]=[V].[Zn]. The first-order valence-electron chi connectivity index (χ1n) is 0.183. The minimum Gasteiger partial charge on any atom is 0 e. The molecule has 4 heteroatoms. The molecule has 1 nitrogen and oxygen atoms in total. The van der Waals surface area contributed by atoms with E-state index in [1.165, 1.54) is 0 Å². The van der Waals surface area contributed by atoms with Crippen molar-refractivity contribution in [2.45, 2.75) is 0 Å². The third kappa shape index (κ3) is 9.63. The molecule has 0 amide bonds. The van der Waals surface area contributed by atoms with Crippen LogP contribution in [-0.2, 0) is 40.5 Å². The Morgan fingerprint density at radius 1 is 1.25 bits per heavy atom. The largest absolute Gasteiger partial charge is 0 e. The van der Waals surface area contributed by atoms with E-state index >= 15 is 0 Å². The summed E-state index contributed by atoms with van der Waals surface area (Å²) in [4.78, 5) is 0. The van der Waals surface area contributed by atoms with Crippen LogP contribution in [0.3, 0.4) is 0 Å². The van der Waals surface area contributed by atoms with E-state index in [1.807, 2.05) is 0 Å². The summed E-state index contributed by atoms with van der Waals surface area (Å²) in [6, 6.07) is 0. The van der Waals surface area contributed by atoms with Crippen LogP contribution in [0.2, 0.25) is 0 Å². The molecule has 0 heterocycles. The second-order valence-corrected chi connectivity index (χ2v) is 0. The molecule has 0 rings (SSSR count). The second-order valence-electron chi connectivity index (χ2n) is 0. The van der Waals surface area contributed by atoms with Gasteiger partial charge in [0.15, 0.2) is 17.4 Å². The van der Waals surface area contributed by atoms with E-state index in [4.69, 9.17) is 3.67 Å². The summed E-state index contributed by atoms with van der Waals surface area (Å²) in [7, 11) is 0. The van der Waals surface area contributed by atoms with E-state index < -0.39 is 0 Å². The quantitative estimate of drug-likeness (QED) is 0.404. The zero-order chi connectivity index (χ0) is 2.00. The van der Waals surface area contributed by atoms with Crippen molar-refractivity contribution >= 4 is 17.4 Å². The van der Waals surface area contributed by atoms with Crippen LogP contribution in [-0.4, -0.2) is 17.4 Å². The number of hydrogen-bond donors (Lipinski definition) is 0. The molecule has 0 N–H and O–H groups in total. The van der Waals surface area contributed by atoms with Crippen LogP contribution in [0.25, 0.3) is 0 Å². The van der Waals surface area contributed by atoms with Gasteiger partial charge < -0.3 is 0 Å². The van der Waals surface area contributed by atoms with Gasteiger partial charge in [0.25, 0.3) is 0 Å². The molecule has 0 saturated carbocycles. The summed E-state index contributed by atoms with van der Waals surface area (Å²) in [6.07, 6.45) is 0. The fraction of sp³-hybridized carbons (Fsp3) is 0. The molecule has 0 unspecified atom stereocenters. The van der Waals surface area contributed by atoms with Crippen molar-refractivity contribution in [3.8, 4) is 0 Å². The van der Waals surface area contributed by atoms with E-state index in [-0.39, 0.29) is 36.8 Å². The first-order valence-corrected chi connectivity index (χ1v) is 0.753. The molecule has 0 aliphatic heterocycles. The van der Waals surface area contributed by atoms with Crippen LogP contribution >= 0.6 is 0 Å². The summed E-state index contributed by atoms with van der Waals surface area (Å²) in [6.45, 7) is 0. The molecular formula is H3AlOVZn. The van der Waals surface area contributed by atoms with E-state index in [9.17, 15) is 0 Å². The molecule has 0 atom stereocenters. The molecular weight excluding hydrogens is 159 g/mol. The molecule has 0 fully saturated rings. The van der Waals surface area contributed by atoms with Crippen molar-refractivity contribution in [3.05, 3.63) is 0 Å². The molecule has 0 aliphatic rings. The van der Waals surface area contributed by atoms with Gasteiger partial charge in [-0.1, -0.05) is 0 Å². The van der Waals surface area contributed by atoms with Crippen LogP contribution < -0.4 is 0 Å². The predicted octanol–water partition coefficient (Wildman–Crippen LogP) is -1.31. The van der Waals surface area contributed by atoms with Crippen molar-refractivity contribution in [1.82, 2.24) is 0 Å². The van der Waals surface area contributed by atoms with Gasteiger partial charge in [-0.05, 0) is 0 Å². The van der Waals surface area contributed by atoms with Gasteiger partial charge in [-0.15, -0.1) is 0 Å². The van der Waals surface area contributed by atoms with Gasteiger partial charge >= 0.3 is 21.0 Å². The monoisotopic (exact) mass is 161 g/mol. The zero-order valence-corrected chi connectivity index (χ0v) is 5.93. The first kappa shape index (κ1) is 17.7. The summed E-state index contributed by atoms with van der Waals surface area (Å²) in [5, 5.41) is 0. The maximum Gasteiger partial charge on any atom is 0 e. The van der Waals surface area contributed by atoms with Crippen LogP contribution in [0.15, 0.2) is 0 Å². The fourth-order valence-corrected chi connectivity index (χ4v) is 0. The fourth-order valence-electron chi connectivity index (χ4n) is 0. The Labute approximate surface area is 57.6 Å². The topological polar surface area (TPSA) is 17.1 Å². The summed E-state index contributed by atoms with van der Waals surface area (Å²) in [5.41, 5.74) is 0. The van der Waals surface area contributed by atoms with Gasteiger partial charge in [0.05, 0.1) is 0 Å². The molecule has 19 valence electrons. The van der Waals surface area contributed by atoms with Crippen molar-refractivity contribution < 1.29 is 40.5 Å². The Kier molecular flexibility index (Phi) is 106. The standard InChI is InChI=1S/Al.O.V.Zn.3H. The zero-order valence-electron chi connectivity index (χ0n) is 1.56. The molecule has 0 aromatic carbocycles. The van der Waals surface area contributed by atoms with Crippen LogP contribution in [0.4, 0.5) is 0 Å². The van der Waals surface area contributed by atoms with Crippen molar-refractivity contribution in [2.75, 3.05) is 0 Å². The second kappa shape index (κ2) is 24.0. The number of rotatable bonds is 0. The van der Waals surface area contributed by atoms with E-state index in [0.29, 0.717) is 0 Å². The smallest absolute Gasteiger partial charge is 0 e. The first-order chi connectivity index (χ1) is 1.00. The molecule has 4 heavy (non-hydrogen) atoms. The summed E-state index contributed by atoms with van der Waals surface area (Å²) < 4.78 is 8.19. The minimum absolute atomic E-state index is 0. The van der Waals surface area contributed by atoms with Gasteiger partial charge in [0.1, 0.15) is 0 Å². The Morgan fingerprint density at radius 3 is 1.25 bits per heavy atom.